The van der Waals surface area contributed by atoms with Crippen LogP contribution in [0.25, 0.3) is 0 Å². The van der Waals surface area contributed by atoms with E-state index < -0.39 is 0 Å². The number of nitrogens with one attached hydrogen (secondary N) is 1. The topological polar surface area (TPSA) is 47.3 Å². The van der Waals surface area contributed by atoms with Gasteiger partial charge in [-0.05, 0) is 35.4 Å². The van der Waals surface area contributed by atoms with Gasteiger partial charge in [0, 0.05) is 4.47 Å². The average Bonchev–Trinajstić information content (AvgIpc) is 2.42. The first kappa shape index (κ1) is 13.1. The Labute approximate surface area is 115 Å². The van der Waals surface area contributed by atoms with Crippen molar-refractivity contribution >= 4 is 15.9 Å². The number of hydrogen-bond acceptors (Lipinski definition) is 3. The van der Waals surface area contributed by atoms with Gasteiger partial charge in [0.15, 0.2) is 0 Å². The highest BCUT2D eigenvalue weighted by atomic mass is 79.9. The fourth-order valence-corrected chi connectivity index (χ4v) is 2.10. The molecule has 0 aliphatic heterocycles. The summed E-state index contributed by atoms with van der Waals surface area (Å²) in [4.78, 5) is 0. The SMILES string of the molecule is COc1ccc(C(NN)c2ccc(Br)cc2)cc1. The van der Waals surface area contributed by atoms with E-state index in [1.54, 1.807) is 7.11 Å². The van der Waals surface area contributed by atoms with Gasteiger partial charge in [-0.25, -0.2) is 5.43 Å². The number of hydrazine groups is 1. The molecule has 0 aromatic heterocycles. The van der Waals surface area contributed by atoms with Crippen LogP contribution < -0.4 is 16.0 Å². The number of hydrogen-bond donors (Lipinski definition) is 2. The highest BCUT2D eigenvalue weighted by Crippen LogP contribution is 2.24. The van der Waals surface area contributed by atoms with Crippen molar-refractivity contribution in [3.8, 4) is 5.75 Å². The Morgan fingerprint density at radius 2 is 1.50 bits per heavy atom. The third kappa shape index (κ3) is 2.90. The Hall–Kier alpha value is -1.36. The van der Waals surface area contributed by atoms with E-state index in [2.05, 4.69) is 21.4 Å². The number of ether oxygens (including phenoxy) is 1. The maximum Gasteiger partial charge on any atom is 0.118 e. The molecule has 0 saturated carbocycles. The van der Waals surface area contributed by atoms with Crippen LogP contribution in [0.4, 0.5) is 0 Å². The number of nitrogens with two attached hydrogens (primary N) is 1. The van der Waals surface area contributed by atoms with Crippen LogP contribution in [-0.2, 0) is 0 Å². The largest absolute Gasteiger partial charge is 0.497 e. The maximum atomic E-state index is 5.65. The molecule has 0 heterocycles. The number of methoxy groups -OCH3 is 1. The lowest BCUT2D eigenvalue weighted by Crippen LogP contribution is -2.28. The van der Waals surface area contributed by atoms with Gasteiger partial charge in [0.2, 0.25) is 0 Å². The molecule has 0 bridgehead atoms. The second kappa shape index (κ2) is 6.00. The number of benzene rings is 2. The fourth-order valence-electron chi connectivity index (χ4n) is 1.84. The van der Waals surface area contributed by atoms with Crippen LogP contribution in [0.3, 0.4) is 0 Å². The molecule has 4 heteroatoms. The Bertz CT molecular complexity index is 496. The molecule has 0 fully saturated rings. The van der Waals surface area contributed by atoms with Crippen LogP contribution in [0.2, 0.25) is 0 Å². The van der Waals surface area contributed by atoms with Crippen molar-refractivity contribution in [3.05, 3.63) is 64.1 Å². The number of halogens is 1. The van der Waals surface area contributed by atoms with Gasteiger partial charge in [-0.2, -0.15) is 0 Å². The van der Waals surface area contributed by atoms with Crippen molar-refractivity contribution in [2.45, 2.75) is 6.04 Å². The molecule has 3 N–H and O–H groups in total. The van der Waals surface area contributed by atoms with E-state index in [0.29, 0.717) is 0 Å². The zero-order chi connectivity index (χ0) is 13.0. The minimum Gasteiger partial charge on any atom is -0.497 e. The Kier molecular flexibility index (Phi) is 4.36. The van der Waals surface area contributed by atoms with Gasteiger partial charge >= 0.3 is 0 Å². The van der Waals surface area contributed by atoms with Crippen LogP contribution in [0, 0.1) is 0 Å². The summed E-state index contributed by atoms with van der Waals surface area (Å²) in [7, 11) is 1.66. The number of rotatable bonds is 4. The Morgan fingerprint density at radius 3 is 1.94 bits per heavy atom. The van der Waals surface area contributed by atoms with Crippen LogP contribution in [0.1, 0.15) is 17.2 Å². The lowest BCUT2D eigenvalue weighted by atomic mass is 9.99. The average molecular weight is 307 g/mol. The monoisotopic (exact) mass is 306 g/mol. The van der Waals surface area contributed by atoms with Crippen LogP contribution >= 0.6 is 15.9 Å². The second-order valence-corrected chi connectivity index (χ2v) is 4.84. The van der Waals surface area contributed by atoms with Crippen molar-refractivity contribution < 1.29 is 4.74 Å². The third-order valence-electron chi connectivity index (χ3n) is 2.82. The summed E-state index contributed by atoms with van der Waals surface area (Å²) < 4.78 is 6.20. The first-order valence-electron chi connectivity index (χ1n) is 5.60. The van der Waals surface area contributed by atoms with Gasteiger partial charge < -0.3 is 4.74 Å². The summed E-state index contributed by atoms with van der Waals surface area (Å²) in [5, 5.41) is 0. The second-order valence-electron chi connectivity index (χ2n) is 3.92. The van der Waals surface area contributed by atoms with Crippen molar-refractivity contribution in [1.29, 1.82) is 0 Å². The molecular formula is C14H15BrN2O. The highest BCUT2D eigenvalue weighted by Gasteiger charge is 2.11. The summed E-state index contributed by atoms with van der Waals surface area (Å²) in [5.74, 6) is 6.49. The molecule has 1 unspecified atom stereocenters. The quantitative estimate of drug-likeness (QED) is 0.674. The molecule has 0 radical (unpaired) electrons. The van der Waals surface area contributed by atoms with Crippen molar-refractivity contribution in [2.24, 2.45) is 5.84 Å². The van der Waals surface area contributed by atoms with E-state index in [1.807, 2.05) is 48.5 Å². The molecule has 0 aliphatic rings. The molecule has 0 spiro atoms. The van der Waals surface area contributed by atoms with Gasteiger partial charge in [0.1, 0.15) is 5.75 Å². The molecule has 1 atom stereocenters. The highest BCUT2D eigenvalue weighted by molar-refractivity contribution is 9.10. The molecule has 3 nitrogen and oxygen atoms in total. The molecule has 2 rings (SSSR count). The molecule has 0 saturated heterocycles. The van der Waals surface area contributed by atoms with Gasteiger partial charge in [-0.3, -0.25) is 5.84 Å². The maximum absolute atomic E-state index is 5.65. The predicted molar refractivity (Wildman–Crippen MR) is 76.3 cm³/mol. The summed E-state index contributed by atoms with van der Waals surface area (Å²) in [6.07, 6.45) is 0. The van der Waals surface area contributed by atoms with E-state index >= 15 is 0 Å². The molecule has 2 aromatic carbocycles. The predicted octanol–water partition coefficient (Wildman–Crippen LogP) is 3.01. The van der Waals surface area contributed by atoms with E-state index in [0.717, 1.165) is 21.3 Å². The standard InChI is InChI=1S/C14H15BrN2O/c1-18-13-8-4-11(5-9-13)14(17-16)10-2-6-12(15)7-3-10/h2-9,14,17H,16H2,1H3. The van der Waals surface area contributed by atoms with Crippen LogP contribution in [0.15, 0.2) is 53.0 Å². The molecule has 18 heavy (non-hydrogen) atoms. The molecule has 0 aliphatic carbocycles. The van der Waals surface area contributed by atoms with E-state index in [9.17, 15) is 0 Å². The minimum atomic E-state index is -0.0241. The molecular weight excluding hydrogens is 292 g/mol. The van der Waals surface area contributed by atoms with Gasteiger partial charge in [-0.15, -0.1) is 0 Å². The van der Waals surface area contributed by atoms with Crippen LogP contribution in [-0.4, -0.2) is 7.11 Å². The smallest absolute Gasteiger partial charge is 0.118 e. The molecule has 0 amide bonds. The fraction of sp³-hybridized carbons (Fsp3) is 0.143. The first-order valence-corrected chi connectivity index (χ1v) is 6.39. The van der Waals surface area contributed by atoms with E-state index in [4.69, 9.17) is 10.6 Å². The van der Waals surface area contributed by atoms with Gasteiger partial charge in [0.25, 0.3) is 0 Å². The van der Waals surface area contributed by atoms with Crippen molar-refractivity contribution in [1.82, 2.24) is 5.43 Å². The summed E-state index contributed by atoms with van der Waals surface area (Å²) in [5.41, 5.74) is 5.05. The normalized spacial score (nSPS) is 12.2. The van der Waals surface area contributed by atoms with Gasteiger partial charge in [0.05, 0.1) is 13.2 Å². The zero-order valence-corrected chi connectivity index (χ0v) is 11.6. The third-order valence-corrected chi connectivity index (χ3v) is 3.35. The zero-order valence-electron chi connectivity index (χ0n) is 10.1. The first-order chi connectivity index (χ1) is 8.74. The van der Waals surface area contributed by atoms with Gasteiger partial charge in [-0.1, -0.05) is 40.2 Å². The van der Waals surface area contributed by atoms with Crippen molar-refractivity contribution in [3.63, 3.8) is 0 Å². The lowest BCUT2D eigenvalue weighted by molar-refractivity contribution is 0.414. The van der Waals surface area contributed by atoms with Crippen LogP contribution in [0.5, 0.6) is 5.75 Å². The minimum absolute atomic E-state index is 0.0241. The molecule has 94 valence electrons. The Balaban J connectivity index is 2.29. The molecule has 2 aromatic rings. The van der Waals surface area contributed by atoms with E-state index in [-0.39, 0.29) is 6.04 Å². The van der Waals surface area contributed by atoms with E-state index in [1.165, 1.54) is 0 Å². The van der Waals surface area contributed by atoms with Crippen molar-refractivity contribution in [2.75, 3.05) is 7.11 Å². The summed E-state index contributed by atoms with van der Waals surface area (Å²) in [6.45, 7) is 0. The lowest BCUT2D eigenvalue weighted by Gasteiger charge is -2.17. The Morgan fingerprint density at radius 1 is 1.00 bits per heavy atom. The summed E-state index contributed by atoms with van der Waals surface area (Å²) >= 11 is 3.42. The summed E-state index contributed by atoms with van der Waals surface area (Å²) in [6, 6.07) is 15.9.